The van der Waals surface area contributed by atoms with Gasteiger partial charge in [-0.1, -0.05) is 12.1 Å². The first-order valence-electron chi connectivity index (χ1n) is 3.91. The van der Waals surface area contributed by atoms with Gasteiger partial charge in [0.2, 0.25) is 0 Å². The zero-order valence-corrected chi connectivity index (χ0v) is 9.56. The lowest BCUT2D eigenvalue weighted by Gasteiger charge is -2.18. The van der Waals surface area contributed by atoms with Gasteiger partial charge in [-0.2, -0.15) is 13.2 Å². The molecule has 78 valence electrons. The van der Waals surface area contributed by atoms with Crippen LogP contribution in [-0.2, 0) is 0 Å². The first-order valence-corrected chi connectivity index (χ1v) is 4.99. The van der Waals surface area contributed by atoms with E-state index in [9.17, 15) is 13.2 Å². The molecule has 0 bridgehead atoms. The smallest absolute Gasteiger partial charge is 0.316 e. The van der Waals surface area contributed by atoms with E-state index in [-0.39, 0.29) is 5.56 Å². The molecule has 0 aliphatic heterocycles. The lowest BCUT2D eigenvalue weighted by Crippen LogP contribution is -2.29. The van der Waals surface area contributed by atoms with E-state index in [0.29, 0.717) is 5.56 Å². The second kappa shape index (κ2) is 4.06. The molecular weight excluding hydrogens is 306 g/mol. The number of rotatable bonds is 1. The number of alkyl halides is 3. The van der Waals surface area contributed by atoms with Crippen molar-refractivity contribution >= 4 is 22.6 Å². The average Bonchev–Trinajstić information content (AvgIpc) is 2.07. The van der Waals surface area contributed by atoms with E-state index in [2.05, 4.69) is 0 Å². The molecule has 1 rings (SSSR count). The molecule has 0 unspecified atom stereocenters. The van der Waals surface area contributed by atoms with Gasteiger partial charge < -0.3 is 5.73 Å². The van der Waals surface area contributed by atoms with E-state index in [1.54, 1.807) is 19.1 Å². The van der Waals surface area contributed by atoms with Crippen molar-refractivity contribution in [3.8, 4) is 0 Å². The third kappa shape index (κ3) is 2.38. The van der Waals surface area contributed by atoms with Gasteiger partial charge in [-0.15, -0.1) is 0 Å². The van der Waals surface area contributed by atoms with Crippen molar-refractivity contribution in [1.29, 1.82) is 0 Å². The molecule has 1 nitrogen and oxygen atoms in total. The summed E-state index contributed by atoms with van der Waals surface area (Å²) in [6.07, 6.45) is -4.38. The normalized spacial score (nSPS) is 14.1. The van der Waals surface area contributed by atoms with Crippen molar-refractivity contribution in [2.45, 2.75) is 19.1 Å². The summed E-state index contributed by atoms with van der Waals surface area (Å²) in [5.41, 5.74) is 5.85. The largest absolute Gasteiger partial charge is 0.407 e. The standard InChI is InChI=1S/C9H9F3IN/c1-5-6(3-2-4-7(5)13)8(14)9(10,11)12/h2-4,8H,14H2,1H3/t8-/m1/s1. The number of benzene rings is 1. The first-order chi connectivity index (χ1) is 6.34. The third-order valence-corrected chi connectivity index (χ3v) is 3.17. The fraction of sp³-hybridized carbons (Fsp3) is 0.333. The van der Waals surface area contributed by atoms with Gasteiger partial charge in [-0.25, -0.2) is 0 Å². The summed E-state index contributed by atoms with van der Waals surface area (Å²) in [5.74, 6) is 0. The fourth-order valence-electron chi connectivity index (χ4n) is 1.14. The van der Waals surface area contributed by atoms with Crippen LogP contribution in [0.5, 0.6) is 0 Å². The lowest BCUT2D eigenvalue weighted by atomic mass is 10.0. The van der Waals surface area contributed by atoms with Gasteiger partial charge in [0.05, 0.1) is 0 Å². The van der Waals surface area contributed by atoms with Crippen LogP contribution >= 0.6 is 22.6 Å². The number of hydrogen-bond donors (Lipinski definition) is 1. The molecule has 0 radical (unpaired) electrons. The maximum atomic E-state index is 12.3. The minimum atomic E-state index is -4.38. The molecule has 0 fully saturated rings. The Kier molecular flexibility index (Phi) is 3.41. The molecule has 1 aromatic carbocycles. The van der Waals surface area contributed by atoms with Crippen molar-refractivity contribution in [2.75, 3.05) is 0 Å². The molecule has 0 aliphatic rings. The van der Waals surface area contributed by atoms with Gasteiger partial charge in [0.15, 0.2) is 0 Å². The highest BCUT2D eigenvalue weighted by Gasteiger charge is 2.38. The summed E-state index contributed by atoms with van der Waals surface area (Å²) in [6.45, 7) is 1.64. The monoisotopic (exact) mass is 315 g/mol. The van der Waals surface area contributed by atoms with Crippen LogP contribution in [0.25, 0.3) is 0 Å². The summed E-state index contributed by atoms with van der Waals surface area (Å²) in [5, 5.41) is 0. The molecule has 0 aliphatic carbocycles. The van der Waals surface area contributed by atoms with Crippen LogP contribution in [0.3, 0.4) is 0 Å². The Morgan fingerprint density at radius 1 is 1.36 bits per heavy atom. The molecule has 14 heavy (non-hydrogen) atoms. The molecule has 0 amide bonds. The molecule has 0 spiro atoms. The highest BCUT2D eigenvalue weighted by molar-refractivity contribution is 14.1. The highest BCUT2D eigenvalue weighted by atomic mass is 127. The molecule has 2 N–H and O–H groups in total. The number of nitrogens with two attached hydrogens (primary N) is 1. The Bertz CT molecular complexity index is 335. The summed E-state index contributed by atoms with van der Waals surface area (Å²) in [7, 11) is 0. The van der Waals surface area contributed by atoms with Gasteiger partial charge in [0.25, 0.3) is 0 Å². The van der Waals surface area contributed by atoms with Gasteiger partial charge in [-0.05, 0) is 46.7 Å². The highest BCUT2D eigenvalue weighted by Crippen LogP contribution is 2.33. The van der Waals surface area contributed by atoms with E-state index < -0.39 is 12.2 Å². The van der Waals surface area contributed by atoms with Gasteiger partial charge in [0, 0.05) is 3.57 Å². The Labute approximate surface area is 93.6 Å². The second-order valence-electron chi connectivity index (χ2n) is 2.97. The van der Waals surface area contributed by atoms with Crippen molar-refractivity contribution in [2.24, 2.45) is 5.73 Å². The zero-order chi connectivity index (χ0) is 10.9. The SMILES string of the molecule is Cc1c(I)cccc1[C@@H](N)C(F)(F)F. The van der Waals surface area contributed by atoms with Gasteiger partial charge in [-0.3, -0.25) is 0 Å². The number of halogens is 4. The molecule has 0 heterocycles. The molecule has 0 aromatic heterocycles. The van der Waals surface area contributed by atoms with Crippen molar-refractivity contribution in [3.05, 3.63) is 32.9 Å². The molecule has 1 aromatic rings. The molecular formula is C9H9F3IN. The summed E-state index contributed by atoms with van der Waals surface area (Å²) >= 11 is 1.99. The predicted molar refractivity (Wildman–Crippen MR) is 56.9 cm³/mol. The average molecular weight is 315 g/mol. The maximum absolute atomic E-state index is 12.3. The van der Waals surface area contributed by atoms with Crippen LogP contribution in [0.15, 0.2) is 18.2 Å². The maximum Gasteiger partial charge on any atom is 0.407 e. The molecule has 0 saturated carbocycles. The molecule has 0 saturated heterocycles. The Hall–Kier alpha value is -0.300. The van der Waals surface area contributed by atoms with Crippen LogP contribution < -0.4 is 5.73 Å². The molecule has 1 atom stereocenters. The van der Waals surface area contributed by atoms with Crippen LogP contribution in [0.1, 0.15) is 17.2 Å². The van der Waals surface area contributed by atoms with Crippen molar-refractivity contribution in [1.82, 2.24) is 0 Å². The quantitative estimate of drug-likeness (QED) is 0.792. The Morgan fingerprint density at radius 2 is 1.93 bits per heavy atom. The van der Waals surface area contributed by atoms with Crippen LogP contribution in [-0.4, -0.2) is 6.18 Å². The summed E-state index contributed by atoms with van der Waals surface area (Å²) in [4.78, 5) is 0. The van der Waals surface area contributed by atoms with E-state index in [1.165, 1.54) is 6.07 Å². The van der Waals surface area contributed by atoms with Crippen LogP contribution in [0, 0.1) is 10.5 Å². The van der Waals surface area contributed by atoms with E-state index >= 15 is 0 Å². The van der Waals surface area contributed by atoms with Crippen molar-refractivity contribution < 1.29 is 13.2 Å². The summed E-state index contributed by atoms with van der Waals surface area (Å²) < 4.78 is 37.7. The first kappa shape index (κ1) is 11.8. The van der Waals surface area contributed by atoms with Crippen molar-refractivity contribution in [3.63, 3.8) is 0 Å². The zero-order valence-electron chi connectivity index (χ0n) is 7.40. The van der Waals surface area contributed by atoms with Gasteiger partial charge in [0.1, 0.15) is 6.04 Å². The predicted octanol–water partition coefficient (Wildman–Crippen LogP) is 3.16. The number of hydrogen-bond acceptors (Lipinski definition) is 1. The topological polar surface area (TPSA) is 26.0 Å². The van der Waals surface area contributed by atoms with E-state index in [4.69, 9.17) is 5.73 Å². The molecule has 5 heteroatoms. The van der Waals surface area contributed by atoms with Crippen LogP contribution in [0.2, 0.25) is 0 Å². The van der Waals surface area contributed by atoms with E-state index in [0.717, 1.165) is 3.57 Å². The van der Waals surface area contributed by atoms with Crippen LogP contribution in [0.4, 0.5) is 13.2 Å². The van der Waals surface area contributed by atoms with E-state index in [1.807, 2.05) is 22.6 Å². The Balaban J connectivity index is 3.14. The summed E-state index contributed by atoms with van der Waals surface area (Å²) in [6, 6.07) is 2.85. The third-order valence-electron chi connectivity index (χ3n) is 2.00. The minimum absolute atomic E-state index is 0.143. The Morgan fingerprint density at radius 3 is 2.43 bits per heavy atom. The fourth-order valence-corrected chi connectivity index (χ4v) is 1.66. The van der Waals surface area contributed by atoms with Gasteiger partial charge >= 0.3 is 6.18 Å². The lowest BCUT2D eigenvalue weighted by molar-refractivity contribution is -0.149. The second-order valence-corrected chi connectivity index (χ2v) is 4.14. The minimum Gasteiger partial charge on any atom is -0.316 e.